The van der Waals surface area contributed by atoms with Crippen LogP contribution in [0.4, 0.5) is 0 Å². The van der Waals surface area contributed by atoms with E-state index in [2.05, 4.69) is 190 Å². The normalized spacial score (nSPS) is 14.3. The van der Waals surface area contributed by atoms with E-state index in [1.807, 2.05) is 6.07 Å². The minimum Gasteiger partial charge on any atom is -0.293 e. The lowest BCUT2D eigenvalue weighted by Crippen LogP contribution is -2.01. The van der Waals surface area contributed by atoms with Crippen molar-refractivity contribution in [3.63, 3.8) is 0 Å². The van der Waals surface area contributed by atoms with Crippen molar-refractivity contribution in [2.45, 2.75) is 27.2 Å². The third-order valence-electron chi connectivity index (χ3n) is 9.23. The predicted octanol–water partition coefficient (Wildman–Crippen LogP) is 12.4. The molecule has 2 heteroatoms. The summed E-state index contributed by atoms with van der Waals surface area (Å²) < 4.78 is 2.28. The van der Waals surface area contributed by atoms with Gasteiger partial charge in [0.1, 0.15) is 5.82 Å². The van der Waals surface area contributed by atoms with Gasteiger partial charge in [-0.15, -0.1) is 0 Å². The molecule has 7 rings (SSSR count). The molecule has 0 aliphatic heterocycles. The van der Waals surface area contributed by atoms with E-state index in [4.69, 9.17) is 4.98 Å². The first-order valence-corrected chi connectivity index (χ1v) is 17.0. The molecular weight excluding hydrogens is 593 g/mol. The molecule has 0 atom stereocenters. The molecule has 2 nitrogen and oxygen atoms in total. The molecule has 0 unspecified atom stereocenters. The molecule has 0 N–H and O–H groups in total. The Bertz CT molecular complexity index is 2310. The number of rotatable bonds is 8. The standard InChI is InChI=1S/C47H40N2/c1-5-19-40(6-2)49-45-30-33(3)43(32-44(45)48-47(49)37-24-14-9-15-25-37)38-26-18-27-39(31-38)46(36-22-12-8-13-23-36)42-29-17-16-28-41(42)34(4)35-20-10-7-11-21-35/h5-26,28-32H,4,27H2,1-3H3/b19-5-,40-6+,46-39+. The Labute approximate surface area is 290 Å². The van der Waals surface area contributed by atoms with Crippen molar-refractivity contribution in [1.29, 1.82) is 0 Å². The van der Waals surface area contributed by atoms with Crippen LogP contribution in [0.25, 0.3) is 44.8 Å². The average Bonchev–Trinajstić information content (AvgIpc) is 3.52. The van der Waals surface area contributed by atoms with Gasteiger partial charge in [-0.25, -0.2) is 4.98 Å². The zero-order valence-corrected chi connectivity index (χ0v) is 28.4. The molecule has 0 bridgehead atoms. The Morgan fingerprint density at radius 1 is 0.755 bits per heavy atom. The minimum atomic E-state index is 0.835. The van der Waals surface area contributed by atoms with Crippen molar-refractivity contribution in [2.24, 2.45) is 0 Å². The van der Waals surface area contributed by atoms with Crippen LogP contribution in [-0.4, -0.2) is 9.55 Å². The SMILES string of the molecule is C=C(c1ccccc1)c1ccccc1/C(=C1/C=C(c2cc3nc(-c4ccccc4)n(C(/C=C\C)=C/C)c3cc2C)C=CC1)c1ccccc1. The van der Waals surface area contributed by atoms with Crippen molar-refractivity contribution in [2.75, 3.05) is 0 Å². The van der Waals surface area contributed by atoms with E-state index in [1.165, 1.54) is 39.0 Å². The maximum Gasteiger partial charge on any atom is 0.145 e. The van der Waals surface area contributed by atoms with Crippen molar-refractivity contribution in [3.8, 4) is 11.4 Å². The van der Waals surface area contributed by atoms with E-state index in [-0.39, 0.29) is 0 Å². The Morgan fingerprint density at radius 2 is 1.39 bits per heavy atom. The van der Waals surface area contributed by atoms with E-state index in [1.54, 1.807) is 0 Å². The van der Waals surface area contributed by atoms with E-state index in [0.717, 1.165) is 51.2 Å². The molecule has 1 heterocycles. The Morgan fingerprint density at radius 3 is 2.06 bits per heavy atom. The number of nitrogens with zero attached hydrogens (tertiary/aromatic N) is 2. The average molecular weight is 633 g/mol. The van der Waals surface area contributed by atoms with Crippen LogP contribution in [0.2, 0.25) is 0 Å². The molecule has 0 spiro atoms. The molecular formula is C47H40N2. The lowest BCUT2D eigenvalue weighted by Gasteiger charge is -2.21. The number of fused-ring (bicyclic) bond motifs is 1. The van der Waals surface area contributed by atoms with Crippen LogP contribution >= 0.6 is 0 Å². The minimum absolute atomic E-state index is 0.835. The highest BCUT2D eigenvalue weighted by molar-refractivity contribution is 5.96. The van der Waals surface area contributed by atoms with Crippen LogP contribution in [0.3, 0.4) is 0 Å². The van der Waals surface area contributed by atoms with Crippen LogP contribution < -0.4 is 0 Å². The molecule has 5 aromatic carbocycles. The molecule has 49 heavy (non-hydrogen) atoms. The smallest absolute Gasteiger partial charge is 0.145 e. The summed E-state index contributed by atoms with van der Waals surface area (Å²) in [5.74, 6) is 0.939. The summed E-state index contributed by atoms with van der Waals surface area (Å²) in [6, 6.07) is 44.9. The third-order valence-corrected chi connectivity index (χ3v) is 9.23. The van der Waals surface area contributed by atoms with Gasteiger partial charge in [-0.3, -0.25) is 4.57 Å². The van der Waals surface area contributed by atoms with E-state index in [9.17, 15) is 0 Å². The number of aromatic nitrogens is 2. The number of benzene rings is 5. The van der Waals surface area contributed by atoms with Gasteiger partial charge in [0.05, 0.1) is 11.0 Å². The summed E-state index contributed by atoms with van der Waals surface area (Å²) in [6.07, 6.45) is 14.2. The van der Waals surface area contributed by atoms with Crippen molar-refractivity contribution < 1.29 is 0 Å². The topological polar surface area (TPSA) is 17.8 Å². The van der Waals surface area contributed by atoms with E-state index < -0.39 is 0 Å². The van der Waals surface area contributed by atoms with Gasteiger partial charge in [0.15, 0.2) is 0 Å². The van der Waals surface area contributed by atoms with Gasteiger partial charge in [-0.1, -0.05) is 152 Å². The zero-order chi connectivity index (χ0) is 33.7. The summed E-state index contributed by atoms with van der Waals surface area (Å²) in [5.41, 5.74) is 16.0. The van der Waals surface area contributed by atoms with Gasteiger partial charge in [0, 0.05) is 11.3 Å². The number of aryl methyl sites for hydroxylation is 1. The first-order chi connectivity index (χ1) is 24.1. The predicted molar refractivity (Wildman–Crippen MR) is 210 cm³/mol. The summed E-state index contributed by atoms with van der Waals surface area (Å²) >= 11 is 0. The second kappa shape index (κ2) is 14.0. The number of imidazole rings is 1. The quantitative estimate of drug-likeness (QED) is 0.153. The highest BCUT2D eigenvalue weighted by atomic mass is 15.1. The molecule has 1 aromatic heterocycles. The van der Waals surface area contributed by atoms with Gasteiger partial charge in [0.2, 0.25) is 0 Å². The molecule has 0 radical (unpaired) electrons. The van der Waals surface area contributed by atoms with Gasteiger partial charge >= 0.3 is 0 Å². The molecule has 0 fully saturated rings. The lowest BCUT2D eigenvalue weighted by molar-refractivity contribution is 1.14. The molecule has 0 saturated heterocycles. The largest absolute Gasteiger partial charge is 0.293 e. The highest BCUT2D eigenvalue weighted by Crippen LogP contribution is 2.39. The zero-order valence-electron chi connectivity index (χ0n) is 28.4. The second-order valence-electron chi connectivity index (χ2n) is 12.4. The molecule has 1 aliphatic carbocycles. The van der Waals surface area contributed by atoms with Crippen molar-refractivity contribution in [1.82, 2.24) is 9.55 Å². The fraction of sp³-hybridized carbons (Fsp3) is 0.0851. The summed E-state index contributed by atoms with van der Waals surface area (Å²) in [4.78, 5) is 5.25. The van der Waals surface area contributed by atoms with Gasteiger partial charge < -0.3 is 0 Å². The van der Waals surface area contributed by atoms with Crippen LogP contribution in [-0.2, 0) is 0 Å². The lowest BCUT2D eigenvalue weighted by atomic mass is 9.83. The monoisotopic (exact) mass is 632 g/mol. The first-order valence-electron chi connectivity index (χ1n) is 17.0. The Balaban J connectivity index is 1.42. The third kappa shape index (κ3) is 6.22. The Kier molecular flexibility index (Phi) is 9.04. The summed E-state index contributed by atoms with van der Waals surface area (Å²) in [5, 5.41) is 0. The van der Waals surface area contributed by atoms with Crippen LogP contribution in [0, 0.1) is 6.92 Å². The number of allylic oxidation sites excluding steroid dienone is 9. The van der Waals surface area contributed by atoms with E-state index >= 15 is 0 Å². The fourth-order valence-electron chi connectivity index (χ4n) is 6.88. The number of hydrogen-bond acceptors (Lipinski definition) is 1. The maximum atomic E-state index is 5.25. The van der Waals surface area contributed by atoms with Crippen molar-refractivity contribution >= 4 is 33.4 Å². The first kappa shape index (κ1) is 31.6. The van der Waals surface area contributed by atoms with Crippen LogP contribution in [0.5, 0.6) is 0 Å². The second-order valence-corrected chi connectivity index (χ2v) is 12.4. The maximum absolute atomic E-state index is 5.25. The summed E-state index contributed by atoms with van der Waals surface area (Å²) in [6.45, 7) is 10.9. The van der Waals surface area contributed by atoms with E-state index in [0.29, 0.717) is 0 Å². The number of hydrogen-bond donors (Lipinski definition) is 0. The van der Waals surface area contributed by atoms with Crippen molar-refractivity contribution in [3.05, 3.63) is 209 Å². The molecule has 0 amide bonds. The molecule has 6 aromatic rings. The Hall–Kier alpha value is -5.99. The van der Waals surface area contributed by atoms with Gasteiger partial charge in [0.25, 0.3) is 0 Å². The fourth-order valence-corrected chi connectivity index (χ4v) is 6.88. The van der Waals surface area contributed by atoms with Crippen LogP contribution in [0.1, 0.15) is 53.6 Å². The van der Waals surface area contributed by atoms with Gasteiger partial charge in [-0.2, -0.15) is 0 Å². The molecule has 1 aliphatic rings. The summed E-state index contributed by atoms with van der Waals surface area (Å²) in [7, 11) is 0. The molecule has 0 saturated carbocycles. The van der Waals surface area contributed by atoms with Crippen LogP contribution in [0.15, 0.2) is 176 Å². The van der Waals surface area contributed by atoms with Gasteiger partial charge in [-0.05, 0) is 101 Å². The highest BCUT2D eigenvalue weighted by Gasteiger charge is 2.20. The molecule has 238 valence electrons.